The van der Waals surface area contributed by atoms with Crippen molar-refractivity contribution in [2.24, 2.45) is 0 Å². The van der Waals surface area contributed by atoms with E-state index in [9.17, 15) is 18.7 Å². The monoisotopic (exact) mass is 368 g/mol. The molecule has 3 rings (SSSR count). The smallest absolute Gasteiger partial charge is 0.339 e. The van der Waals surface area contributed by atoms with Crippen LogP contribution in [0.3, 0.4) is 0 Å². The molecule has 0 saturated heterocycles. The van der Waals surface area contributed by atoms with E-state index in [0.29, 0.717) is 5.00 Å². The van der Waals surface area contributed by atoms with Crippen LogP contribution in [0.4, 0.5) is 19.5 Å². The third-order valence-electron chi connectivity index (χ3n) is 3.79. The Morgan fingerprint density at radius 2 is 1.92 bits per heavy atom. The summed E-state index contributed by atoms with van der Waals surface area (Å²) in [6.07, 6.45) is 3.63. The Labute approximate surface area is 146 Å². The number of nitrogens with one attached hydrogen (secondary N) is 2. The third kappa shape index (κ3) is 3.39. The highest BCUT2D eigenvalue weighted by molar-refractivity contribution is 7.80. The highest BCUT2D eigenvalue weighted by atomic mass is 32.1. The second-order valence-electron chi connectivity index (χ2n) is 5.43. The number of fused-ring (bicyclic) bond motifs is 1. The lowest BCUT2D eigenvalue weighted by Crippen LogP contribution is -2.20. The zero-order valence-electron chi connectivity index (χ0n) is 12.5. The molecule has 0 atom stereocenters. The van der Waals surface area contributed by atoms with E-state index in [1.165, 1.54) is 17.4 Å². The van der Waals surface area contributed by atoms with Gasteiger partial charge in [-0.2, -0.15) is 0 Å². The second-order valence-corrected chi connectivity index (χ2v) is 6.94. The van der Waals surface area contributed by atoms with Gasteiger partial charge in [0, 0.05) is 16.6 Å². The molecule has 0 unspecified atom stereocenters. The maximum Gasteiger partial charge on any atom is 0.339 e. The summed E-state index contributed by atoms with van der Waals surface area (Å²) < 4.78 is 26.2. The van der Waals surface area contributed by atoms with Crippen LogP contribution < -0.4 is 10.6 Å². The van der Waals surface area contributed by atoms with Crippen molar-refractivity contribution in [2.45, 2.75) is 25.7 Å². The van der Waals surface area contributed by atoms with Gasteiger partial charge in [0.15, 0.2) is 16.7 Å². The van der Waals surface area contributed by atoms with Gasteiger partial charge in [-0.25, -0.2) is 13.6 Å². The number of benzene rings is 1. The average Bonchev–Trinajstić information content (AvgIpc) is 2.88. The van der Waals surface area contributed by atoms with E-state index in [4.69, 9.17) is 12.2 Å². The molecule has 1 heterocycles. The fourth-order valence-electron chi connectivity index (χ4n) is 2.72. The SMILES string of the molecule is O=C(O)c1c(NC(=S)Nc2ccc(F)c(F)c2)sc2c1CCCC2. The molecule has 1 aliphatic rings. The van der Waals surface area contributed by atoms with E-state index in [-0.39, 0.29) is 16.4 Å². The summed E-state index contributed by atoms with van der Waals surface area (Å²) in [7, 11) is 0. The van der Waals surface area contributed by atoms with Crippen LogP contribution in [0.5, 0.6) is 0 Å². The van der Waals surface area contributed by atoms with Crippen molar-refractivity contribution in [2.75, 3.05) is 10.6 Å². The molecule has 1 aromatic carbocycles. The normalized spacial score (nSPS) is 13.2. The van der Waals surface area contributed by atoms with Crippen LogP contribution in [0.25, 0.3) is 0 Å². The molecule has 3 N–H and O–H groups in total. The molecule has 0 radical (unpaired) electrons. The van der Waals surface area contributed by atoms with Crippen molar-refractivity contribution in [3.63, 3.8) is 0 Å². The number of hydrogen-bond donors (Lipinski definition) is 3. The largest absolute Gasteiger partial charge is 0.478 e. The average molecular weight is 368 g/mol. The number of hydrogen-bond acceptors (Lipinski definition) is 3. The molecule has 8 heteroatoms. The lowest BCUT2D eigenvalue weighted by Gasteiger charge is -2.11. The van der Waals surface area contributed by atoms with Crippen LogP contribution in [-0.2, 0) is 12.8 Å². The van der Waals surface area contributed by atoms with Gasteiger partial charge in [-0.1, -0.05) is 0 Å². The quantitative estimate of drug-likeness (QED) is 0.701. The van der Waals surface area contributed by atoms with E-state index >= 15 is 0 Å². The molecule has 0 saturated carbocycles. The zero-order valence-corrected chi connectivity index (χ0v) is 14.1. The van der Waals surface area contributed by atoms with Gasteiger partial charge >= 0.3 is 5.97 Å². The molecular weight excluding hydrogens is 354 g/mol. The first-order valence-electron chi connectivity index (χ1n) is 7.36. The summed E-state index contributed by atoms with van der Waals surface area (Å²) in [5, 5.41) is 15.7. The Kier molecular flexibility index (Phi) is 4.77. The molecule has 1 aliphatic carbocycles. The molecule has 24 heavy (non-hydrogen) atoms. The van der Waals surface area contributed by atoms with Crippen LogP contribution in [0.2, 0.25) is 0 Å². The number of rotatable bonds is 3. The van der Waals surface area contributed by atoms with Gasteiger partial charge in [-0.3, -0.25) is 0 Å². The number of aryl methyl sites for hydroxylation is 1. The summed E-state index contributed by atoms with van der Waals surface area (Å²) in [5.74, 6) is -2.92. The van der Waals surface area contributed by atoms with Crippen LogP contribution in [-0.4, -0.2) is 16.2 Å². The molecule has 4 nitrogen and oxygen atoms in total. The van der Waals surface area contributed by atoms with Crippen LogP contribution in [0.15, 0.2) is 18.2 Å². The minimum absolute atomic E-state index is 0.127. The lowest BCUT2D eigenvalue weighted by atomic mass is 9.95. The Hall–Kier alpha value is -2.06. The number of carbonyl (C=O) groups is 1. The van der Waals surface area contributed by atoms with Crippen molar-refractivity contribution < 1.29 is 18.7 Å². The third-order valence-corrected chi connectivity index (χ3v) is 5.20. The van der Waals surface area contributed by atoms with E-state index in [1.54, 1.807) is 0 Å². The predicted octanol–water partition coefficient (Wildman–Crippen LogP) is 4.41. The highest BCUT2D eigenvalue weighted by Gasteiger charge is 2.25. The van der Waals surface area contributed by atoms with Crippen molar-refractivity contribution in [1.82, 2.24) is 0 Å². The molecule has 1 aromatic heterocycles. The van der Waals surface area contributed by atoms with Crippen LogP contribution in [0, 0.1) is 11.6 Å². The fraction of sp³-hybridized carbons (Fsp3) is 0.250. The van der Waals surface area contributed by atoms with E-state index in [2.05, 4.69) is 10.6 Å². The maximum atomic E-state index is 13.2. The standard InChI is InChI=1S/C16H14F2N2O2S2/c17-10-6-5-8(7-11(10)18)19-16(23)20-14-13(15(21)22)9-3-1-2-4-12(9)24-14/h5-7H,1-4H2,(H,21,22)(H2,19,20,23). The highest BCUT2D eigenvalue weighted by Crippen LogP contribution is 2.38. The van der Waals surface area contributed by atoms with Crippen molar-refractivity contribution in [1.29, 1.82) is 0 Å². The first kappa shape index (κ1) is 16.8. The molecule has 0 bridgehead atoms. The Morgan fingerprint density at radius 3 is 2.62 bits per heavy atom. The molecule has 0 aliphatic heterocycles. The van der Waals surface area contributed by atoms with Gasteiger partial charge in [0.05, 0.1) is 5.56 Å². The Morgan fingerprint density at radius 1 is 1.17 bits per heavy atom. The first-order valence-corrected chi connectivity index (χ1v) is 8.59. The topological polar surface area (TPSA) is 61.4 Å². The molecule has 2 aromatic rings. The summed E-state index contributed by atoms with van der Waals surface area (Å²) >= 11 is 6.54. The lowest BCUT2D eigenvalue weighted by molar-refractivity contribution is 0.0697. The molecule has 126 valence electrons. The zero-order chi connectivity index (χ0) is 17.3. The Balaban J connectivity index is 1.80. The van der Waals surface area contributed by atoms with E-state index in [0.717, 1.165) is 48.3 Å². The number of carboxylic acid groups (broad SMARTS) is 1. The van der Waals surface area contributed by atoms with Crippen LogP contribution >= 0.6 is 23.6 Å². The van der Waals surface area contributed by atoms with Crippen molar-refractivity contribution in [3.05, 3.63) is 45.8 Å². The Bertz CT molecular complexity index is 821. The van der Waals surface area contributed by atoms with Gasteiger partial charge in [-0.05, 0) is 55.6 Å². The van der Waals surface area contributed by atoms with E-state index in [1.807, 2.05) is 0 Å². The minimum Gasteiger partial charge on any atom is -0.478 e. The second kappa shape index (κ2) is 6.82. The first-order chi connectivity index (χ1) is 11.5. The minimum atomic E-state index is -0.993. The number of thiophene rings is 1. The van der Waals surface area contributed by atoms with Gasteiger partial charge in [0.1, 0.15) is 5.00 Å². The molecule has 0 spiro atoms. The molecule has 0 amide bonds. The number of thiocarbonyl (C=S) groups is 1. The summed E-state index contributed by atoms with van der Waals surface area (Å²) in [6, 6.07) is 3.33. The van der Waals surface area contributed by atoms with Gasteiger partial charge < -0.3 is 15.7 Å². The summed E-state index contributed by atoms with van der Waals surface area (Å²) in [4.78, 5) is 12.7. The number of halogens is 2. The van der Waals surface area contributed by atoms with Gasteiger partial charge in [0.25, 0.3) is 0 Å². The van der Waals surface area contributed by atoms with Crippen molar-refractivity contribution in [3.8, 4) is 0 Å². The summed E-state index contributed by atoms with van der Waals surface area (Å²) in [6.45, 7) is 0. The van der Waals surface area contributed by atoms with E-state index < -0.39 is 17.6 Å². The fourth-order valence-corrected chi connectivity index (χ4v) is 4.29. The van der Waals surface area contributed by atoms with Crippen molar-refractivity contribution >= 4 is 45.3 Å². The molecule has 0 fully saturated rings. The predicted molar refractivity (Wildman–Crippen MR) is 94.1 cm³/mol. The number of aromatic carboxylic acids is 1. The van der Waals surface area contributed by atoms with Gasteiger partial charge in [-0.15, -0.1) is 11.3 Å². The maximum absolute atomic E-state index is 13.2. The summed E-state index contributed by atoms with van der Waals surface area (Å²) in [5.41, 5.74) is 1.41. The number of carboxylic acids is 1. The van der Waals surface area contributed by atoms with Crippen LogP contribution in [0.1, 0.15) is 33.6 Å². The number of anilines is 2. The molecular formula is C16H14F2N2O2S2. The van der Waals surface area contributed by atoms with Gasteiger partial charge in [0.2, 0.25) is 0 Å².